The van der Waals surface area contributed by atoms with Crippen molar-refractivity contribution in [3.8, 4) is 0 Å². The molecule has 1 amide bonds. The molecule has 5 nitrogen and oxygen atoms in total. The quantitative estimate of drug-likeness (QED) is 0.786. The topological polar surface area (TPSA) is 75.3 Å². The number of carbonyl (C=O) groups is 1. The largest absolute Gasteiger partial charge is 0.351 e. The summed E-state index contributed by atoms with van der Waals surface area (Å²) in [6.07, 6.45) is 0. The fourth-order valence-electron chi connectivity index (χ4n) is 1.83. The van der Waals surface area contributed by atoms with Crippen LogP contribution in [0.1, 0.15) is 10.4 Å². The number of halogens is 2. The molecule has 2 rings (SSSR count). The van der Waals surface area contributed by atoms with Gasteiger partial charge in [-0.05, 0) is 24.3 Å². The van der Waals surface area contributed by atoms with Crippen molar-refractivity contribution in [2.45, 2.75) is 4.90 Å². The number of carbonyl (C=O) groups excluding carboxylic acids is 1. The summed E-state index contributed by atoms with van der Waals surface area (Å²) in [5.41, 5.74) is -0.173. The minimum atomic E-state index is -3.66. The van der Waals surface area contributed by atoms with Crippen LogP contribution in [0.5, 0.6) is 0 Å². The lowest BCUT2D eigenvalue weighted by atomic mass is 10.2. The average Bonchev–Trinajstić information content (AvgIpc) is 2.51. The van der Waals surface area contributed by atoms with Crippen LogP contribution in [0.15, 0.2) is 53.4 Å². The Bertz CT molecular complexity index is 775. The van der Waals surface area contributed by atoms with Gasteiger partial charge in [-0.25, -0.2) is 21.9 Å². The van der Waals surface area contributed by atoms with Gasteiger partial charge in [0, 0.05) is 24.7 Å². The first-order valence-corrected chi connectivity index (χ1v) is 8.16. The predicted molar refractivity (Wildman–Crippen MR) is 80.3 cm³/mol. The molecule has 2 aromatic carbocycles. The minimum absolute atomic E-state index is 0.0248. The Morgan fingerprint density at radius 2 is 1.57 bits per heavy atom. The highest BCUT2D eigenvalue weighted by Gasteiger charge is 2.13. The van der Waals surface area contributed by atoms with E-state index in [9.17, 15) is 22.0 Å². The Balaban J connectivity index is 1.87. The number of hydrogen-bond acceptors (Lipinski definition) is 3. The number of sulfonamides is 1. The van der Waals surface area contributed by atoms with E-state index in [0.29, 0.717) is 6.07 Å². The molecule has 0 bridgehead atoms. The molecule has 0 aromatic heterocycles. The number of amides is 1. The standard InChI is InChI=1S/C15H14F2N2O3S/c16-12-8-11(9-13(17)10-12)15(20)18-6-7-19-23(21,22)14-4-2-1-3-5-14/h1-5,8-10,19H,6-7H2,(H,18,20). The fourth-order valence-corrected chi connectivity index (χ4v) is 2.88. The summed E-state index contributed by atoms with van der Waals surface area (Å²) < 4.78 is 52.2. The lowest BCUT2D eigenvalue weighted by molar-refractivity contribution is 0.0953. The van der Waals surface area contributed by atoms with Crippen molar-refractivity contribution < 1.29 is 22.0 Å². The van der Waals surface area contributed by atoms with E-state index < -0.39 is 27.6 Å². The molecule has 0 aliphatic rings. The molecule has 23 heavy (non-hydrogen) atoms. The number of rotatable bonds is 6. The second-order valence-electron chi connectivity index (χ2n) is 4.62. The lowest BCUT2D eigenvalue weighted by Crippen LogP contribution is -2.34. The zero-order chi connectivity index (χ0) is 16.9. The minimum Gasteiger partial charge on any atom is -0.351 e. The van der Waals surface area contributed by atoms with Gasteiger partial charge in [0.25, 0.3) is 5.91 Å². The van der Waals surface area contributed by atoms with Crippen LogP contribution in [0.2, 0.25) is 0 Å². The van der Waals surface area contributed by atoms with Gasteiger partial charge in [-0.3, -0.25) is 4.79 Å². The van der Waals surface area contributed by atoms with Crippen molar-refractivity contribution in [1.82, 2.24) is 10.0 Å². The van der Waals surface area contributed by atoms with Crippen LogP contribution >= 0.6 is 0 Å². The molecule has 0 heterocycles. The molecule has 122 valence electrons. The second-order valence-corrected chi connectivity index (χ2v) is 6.39. The first kappa shape index (κ1) is 17.0. The zero-order valence-corrected chi connectivity index (χ0v) is 12.7. The van der Waals surface area contributed by atoms with Crippen LogP contribution in [0.4, 0.5) is 8.78 Å². The smallest absolute Gasteiger partial charge is 0.251 e. The number of nitrogens with one attached hydrogen (secondary N) is 2. The van der Waals surface area contributed by atoms with Gasteiger partial charge in [0.2, 0.25) is 10.0 Å². The van der Waals surface area contributed by atoms with Gasteiger partial charge in [-0.2, -0.15) is 0 Å². The Morgan fingerprint density at radius 3 is 2.17 bits per heavy atom. The molecule has 0 atom stereocenters. The predicted octanol–water partition coefficient (Wildman–Crippen LogP) is 1.67. The molecule has 0 radical (unpaired) electrons. The van der Waals surface area contributed by atoms with E-state index in [1.54, 1.807) is 18.2 Å². The van der Waals surface area contributed by atoms with Gasteiger partial charge < -0.3 is 5.32 Å². The summed E-state index contributed by atoms with van der Waals surface area (Å²) >= 11 is 0. The van der Waals surface area contributed by atoms with Crippen molar-refractivity contribution in [3.05, 3.63) is 65.7 Å². The number of hydrogen-bond donors (Lipinski definition) is 2. The summed E-state index contributed by atoms with van der Waals surface area (Å²) in [5.74, 6) is -2.41. The summed E-state index contributed by atoms with van der Waals surface area (Å²) in [6.45, 7) is -0.0796. The second kappa shape index (κ2) is 7.30. The summed E-state index contributed by atoms with van der Waals surface area (Å²) in [6, 6.07) is 10.2. The first-order chi connectivity index (χ1) is 10.9. The highest BCUT2D eigenvalue weighted by Crippen LogP contribution is 2.08. The van der Waals surface area contributed by atoms with Crippen molar-refractivity contribution in [2.75, 3.05) is 13.1 Å². The van der Waals surface area contributed by atoms with Crippen LogP contribution in [0, 0.1) is 11.6 Å². The molecule has 0 unspecified atom stereocenters. The van der Waals surface area contributed by atoms with Gasteiger partial charge in [0.05, 0.1) is 4.90 Å². The maximum absolute atomic E-state index is 13.0. The van der Waals surface area contributed by atoms with Crippen LogP contribution in [0.3, 0.4) is 0 Å². The summed E-state index contributed by atoms with van der Waals surface area (Å²) in [4.78, 5) is 11.8. The zero-order valence-electron chi connectivity index (χ0n) is 11.9. The first-order valence-electron chi connectivity index (χ1n) is 6.67. The van der Waals surface area contributed by atoms with Crippen LogP contribution in [-0.2, 0) is 10.0 Å². The maximum atomic E-state index is 13.0. The van der Waals surface area contributed by atoms with E-state index in [1.807, 2.05) is 0 Å². The summed E-state index contributed by atoms with van der Waals surface area (Å²) in [5, 5.41) is 2.38. The molecule has 0 aliphatic heterocycles. The third-order valence-electron chi connectivity index (χ3n) is 2.88. The lowest BCUT2D eigenvalue weighted by Gasteiger charge is -2.08. The van der Waals surface area contributed by atoms with E-state index in [-0.39, 0.29) is 23.5 Å². The Hall–Kier alpha value is -2.32. The van der Waals surface area contributed by atoms with Gasteiger partial charge in [0.15, 0.2) is 0 Å². The molecule has 0 saturated carbocycles. The highest BCUT2D eigenvalue weighted by atomic mass is 32.2. The molecular formula is C15H14F2N2O3S. The normalized spacial score (nSPS) is 11.2. The van der Waals surface area contributed by atoms with Crippen LogP contribution in [0.25, 0.3) is 0 Å². The highest BCUT2D eigenvalue weighted by molar-refractivity contribution is 7.89. The molecule has 0 fully saturated rings. The van der Waals surface area contributed by atoms with Crippen LogP contribution in [-0.4, -0.2) is 27.4 Å². The molecule has 2 aromatic rings. The van der Waals surface area contributed by atoms with E-state index in [2.05, 4.69) is 10.0 Å². The molecule has 0 spiro atoms. The van der Waals surface area contributed by atoms with E-state index in [0.717, 1.165) is 12.1 Å². The van der Waals surface area contributed by atoms with Crippen LogP contribution < -0.4 is 10.0 Å². The van der Waals surface area contributed by atoms with Gasteiger partial charge in [0.1, 0.15) is 11.6 Å². The molecular weight excluding hydrogens is 326 g/mol. The monoisotopic (exact) mass is 340 g/mol. The molecule has 0 aliphatic carbocycles. The molecule has 8 heteroatoms. The maximum Gasteiger partial charge on any atom is 0.251 e. The van der Waals surface area contributed by atoms with E-state index in [4.69, 9.17) is 0 Å². The molecule has 2 N–H and O–H groups in total. The Morgan fingerprint density at radius 1 is 0.957 bits per heavy atom. The molecule has 0 saturated heterocycles. The Kier molecular flexibility index (Phi) is 5.41. The van der Waals surface area contributed by atoms with Crippen molar-refractivity contribution in [1.29, 1.82) is 0 Å². The summed E-state index contributed by atoms with van der Waals surface area (Å²) in [7, 11) is -3.66. The number of benzene rings is 2. The van der Waals surface area contributed by atoms with Gasteiger partial charge >= 0.3 is 0 Å². The van der Waals surface area contributed by atoms with Crippen molar-refractivity contribution >= 4 is 15.9 Å². The SMILES string of the molecule is O=C(NCCNS(=O)(=O)c1ccccc1)c1cc(F)cc(F)c1. The fraction of sp³-hybridized carbons (Fsp3) is 0.133. The van der Waals surface area contributed by atoms with E-state index in [1.165, 1.54) is 12.1 Å². The van der Waals surface area contributed by atoms with Crippen molar-refractivity contribution in [3.63, 3.8) is 0 Å². The van der Waals surface area contributed by atoms with Crippen molar-refractivity contribution in [2.24, 2.45) is 0 Å². The average molecular weight is 340 g/mol. The van der Waals surface area contributed by atoms with Gasteiger partial charge in [-0.15, -0.1) is 0 Å². The third-order valence-corrected chi connectivity index (χ3v) is 4.36. The van der Waals surface area contributed by atoms with E-state index >= 15 is 0 Å². The van der Waals surface area contributed by atoms with Gasteiger partial charge in [-0.1, -0.05) is 18.2 Å². The third kappa shape index (κ3) is 4.83. The Labute approximate surface area is 132 Å².